The van der Waals surface area contributed by atoms with Crippen LogP contribution in [-0.4, -0.2) is 14.6 Å². The van der Waals surface area contributed by atoms with Crippen LogP contribution in [0.2, 0.25) is 0 Å². The second-order valence-electron chi connectivity index (χ2n) is 4.37. The van der Waals surface area contributed by atoms with Gasteiger partial charge in [-0.05, 0) is 30.7 Å². The maximum atomic E-state index is 10.9. The molecule has 96 valence electrons. The molecule has 3 rings (SSSR count). The van der Waals surface area contributed by atoms with Crippen molar-refractivity contribution in [2.45, 2.75) is 6.92 Å². The molecule has 0 bridgehead atoms. The van der Waals surface area contributed by atoms with Crippen LogP contribution in [0.5, 0.6) is 0 Å². The summed E-state index contributed by atoms with van der Waals surface area (Å²) >= 11 is 0. The van der Waals surface area contributed by atoms with Crippen molar-refractivity contribution in [3.05, 3.63) is 59.6 Å². The van der Waals surface area contributed by atoms with Crippen molar-refractivity contribution in [3.63, 3.8) is 0 Å². The van der Waals surface area contributed by atoms with E-state index in [1.54, 1.807) is 12.1 Å². The lowest BCUT2D eigenvalue weighted by Gasteiger charge is -2.21. The largest absolute Gasteiger partial charge is 0.733 e. The van der Waals surface area contributed by atoms with E-state index in [9.17, 15) is 5.21 Å². The molecule has 0 aliphatic heterocycles. The molecule has 1 aromatic carbocycles. The van der Waals surface area contributed by atoms with Crippen molar-refractivity contribution in [1.29, 1.82) is 0 Å². The summed E-state index contributed by atoms with van der Waals surface area (Å²) < 4.78 is 1.94. The molecule has 0 unspecified atom stereocenters. The molecular formula is C14H12N3O2-. The van der Waals surface area contributed by atoms with E-state index in [0.717, 1.165) is 22.5 Å². The fourth-order valence-electron chi connectivity index (χ4n) is 2.08. The van der Waals surface area contributed by atoms with Gasteiger partial charge in [-0.25, -0.2) is 4.98 Å². The molecule has 0 saturated heterocycles. The van der Waals surface area contributed by atoms with Crippen LogP contribution < -0.4 is 5.23 Å². The van der Waals surface area contributed by atoms with Crippen LogP contribution in [0.1, 0.15) is 5.56 Å². The zero-order valence-corrected chi connectivity index (χ0v) is 10.3. The topological polar surface area (TPSA) is 63.8 Å². The number of hydrogen-bond donors (Lipinski definition) is 1. The number of benzene rings is 1. The Morgan fingerprint density at radius 2 is 2.11 bits per heavy atom. The standard InChI is InChI=1S/C14H12N3O2/c1-10-4-3-7-16-9-13(15-14(10)16)11-5-2-6-12(8-11)17(18)19/h2-9,18H,1H3/q-1. The molecule has 0 fully saturated rings. The summed E-state index contributed by atoms with van der Waals surface area (Å²) in [5.74, 6) is 0. The number of imidazole rings is 1. The Kier molecular flexibility index (Phi) is 2.70. The summed E-state index contributed by atoms with van der Waals surface area (Å²) in [7, 11) is 0. The minimum Gasteiger partial charge on any atom is -0.733 e. The first-order valence-corrected chi connectivity index (χ1v) is 5.86. The van der Waals surface area contributed by atoms with Crippen LogP contribution >= 0.6 is 0 Å². The van der Waals surface area contributed by atoms with E-state index in [-0.39, 0.29) is 10.9 Å². The number of aromatic nitrogens is 2. The molecule has 0 aliphatic rings. The molecule has 19 heavy (non-hydrogen) atoms. The third-order valence-electron chi connectivity index (χ3n) is 3.04. The summed E-state index contributed by atoms with van der Waals surface area (Å²) in [4.78, 5) is 4.54. The van der Waals surface area contributed by atoms with Gasteiger partial charge in [-0.15, -0.1) is 0 Å². The molecule has 3 aromatic rings. The average molecular weight is 254 g/mol. The molecule has 1 N–H and O–H groups in total. The first kappa shape index (κ1) is 11.7. The van der Waals surface area contributed by atoms with E-state index in [2.05, 4.69) is 4.98 Å². The summed E-state index contributed by atoms with van der Waals surface area (Å²) in [6.07, 6.45) is 3.82. The van der Waals surface area contributed by atoms with Gasteiger partial charge >= 0.3 is 0 Å². The van der Waals surface area contributed by atoms with E-state index >= 15 is 0 Å². The number of rotatable bonds is 2. The number of pyridine rings is 1. The third-order valence-corrected chi connectivity index (χ3v) is 3.04. The Balaban J connectivity index is 2.14. The van der Waals surface area contributed by atoms with Crippen molar-refractivity contribution < 1.29 is 5.21 Å². The molecule has 0 spiro atoms. The van der Waals surface area contributed by atoms with Gasteiger partial charge in [0.15, 0.2) is 0 Å². The van der Waals surface area contributed by atoms with Gasteiger partial charge in [-0.1, -0.05) is 18.2 Å². The number of nitrogens with zero attached hydrogens (tertiary/aromatic N) is 3. The Morgan fingerprint density at radius 3 is 2.84 bits per heavy atom. The first-order chi connectivity index (χ1) is 9.15. The van der Waals surface area contributed by atoms with Crippen LogP contribution in [0.25, 0.3) is 16.9 Å². The fourth-order valence-corrected chi connectivity index (χ4v) is 2.08. The maximum absolute atomic E-state index is 10.9. The highest BCUT2D eigenvalue weighted by atomic mass is 16.8. The van der Waals surface area contributed by atoms with Crippen molar-refractivity contribution in [1.82, 2.24) is 9.38 Å². The molecule has 0 saturated carbocycles. The lowest BCUT2D eigenvalue weighted by Crippen LogP contribution is -2.06. The quantitative estimate of drug-likeness (QED) is 0.714. The number of hydrogen-bond acceptors (Lipinski definition) is 4. The molecule has 0 atom stereocenters. The van der Waals surface area contributed by atoms with Crippen LogP contribution in [0, 0.1) is 12.1 Å². The van der Waals surface area contributed by atoms with Gasteiger partial charge in [0.25, 0.3) is 0 Å². The molecule has 5 nitrogen and oxygen atoms in total. The van der Waals surface area contributed by atoms with Gasteiger partial charge in [-0.3, -0.25) is 5.21 Å². The van der Waals surface area contributed by atoms with Gasteiger partial charge in [0.05, 0.1) is 11.4 Å². The van der Waals surface area contributed by atoms with E-state index < -0.39 is 0 Å². The maximum Gasteiger partial charge on any atom is 0.140 e. The smallest absolute Gasteiger partial charge is 0.140 e. The number of fused-ring (bicyclic) bond motifs is 1. The van der Waals surface area contributed by atoms with Gasteiger partial charge in [-0.2, -0.15) is 0 Å². The second-order valence-corrected chi connectivity index (χ2v) is 4.37. The Morgan fingerprint density at radius 1 is 1.26 bits per heavy atom. The minimum absolute atomic E-state index is 0.148. The summed E-state index contributed by atoms with van der Waals surface area (Å²) in [5, 5.41) is 19.7. The highest BCUT2D eigenvalue weighted by Crippen LogP contribution is 2.24. The van der Waals surface area contributed by atoms with Crippen molar-refractivity contribution in [2.24, 2.45) is 0 Å². The molecule has 5 heteroatoms. The van der Waals surface area contributed by atoms with Gasteiger partial charge < -0.3 is 14.8 Å². The fraction of sp³-hybridized carbons (Fsp3) is 0.0714. The SMILES string of the molecule is Cc1cccn2cc(-c3cccc(N([O-])O)c3)nc12. The van der Waals surface area contributed by atoms with Crippen LogP contribution in [0.4, 0.5) is 5.69 Å². The predicted octanol–water partition coefficient (Wildman–Crippen LogP) is 3.00. The lowest BCUT2D eigenvalue weighted by molar-refractivity contribution is 0.296. The zero-order chi connectivity index (χ0) is 13.4. The van der Waals surface area contributed by atoms with Crippen molar-refractivity contribution >= 4 is 11.3 Å². The molecule has 2 aromatic heterocycles. The van der Waals surface area contributed by atoms with Crippen molar-refractivity contribution in [2.75, 3.05) is 5.23 Å². The van der Waals surface area contributed by atoms with E-state index in [4.69, 9.17) is 5.21 Å². The van der Waals surface area contributed by atoms with E-state index in [0.29, 0.717) is 0 Å². The number of anilines is 1. The van der Waals surface area contributed by atoms with Gasteiger partial charge in [0.1, 0.15) is 5.65 Å². The minimum atomic E-state index is -0.148. The molecular weight excluding hydrogens is 242 g/mol. The molecule has 0 radical (unpaired) electrons. The Labute approximate surface area is 109 Å². The number of aryl methyl sites for hydroxylation is 1. The van der Waals surface area contributed by atoms with E-state index in [1.807, 2.05) is 41.9 Å². The Hall–Kier alpha value is -2.37. The van der Waals surface area contributed by atoms with Crippen LogP contribution in [0.15, 0.2) is 48.8 Å². The Bertz CT molecular complexity index is 734. The first-order valence-electron chi connectivity index (χ1n) is 5.86. The zero-order valence-electron chi connectivity index (χ0n) is 10.3. The third kappa shape index (κ3) is 2.05. The summed E-state index contributed by atoms with van der Waals surface area (Å²) in [6.45, 7) is 2.00. The lowest BCUT2D eigenvalue weighted by atomic mass is 10.1. The van der Waals surface area contributed by atoms with Crippen molar-refractivity contribution in [3.8, 4) is 11.3 Å². The average Bonchev–Trinajstić information content (AvgIpc) is 2.84. The summed E-state index contributed by atoms with van der Waals surface area (Å²) in [5.41, 5.74) is 3.70. The highest BCUT2D eigenvalue weighted by Gasteiger charge is 2.06. The van der Waals surface area contributed by atoms with Crippen LogP contribution in [0.3, 0.4) is 0 Å². The van der Waals surface area contributed by atoms with Gasteiger partial charge in [0.2, 0.25) is 0 Å². The second kappa shape index (κ2) is 4.38. The highest BCUT2D eigenvalue weighted by molar-refractivity contribution is 5.68. The monoisotopic (exact) mass is 254 g/mol. The molecule has 0 aliphatic carbocycles. The summed E-state index contributed by atoms with van der Waals surface area (Å²) in [6, 6.07) is 10.7. The molecule has 0 amide bonds. The normalized spacial score (nSPS) is 10.9. The predicted molar refractivity (Wildman–Crippen MR) is 73.0 cm³/mol. The van der Waals surface area contributed by atoms with Crippen LogP contribution in [-0.2, 0) is 0 Å². The van der Waals surface area contributed by atoms with E-state index in [1.165, 1.54) is 6.07 Å². The van der Waals surface area contributed by atoms with Gasteiger partial charge in [0, 0.05) is 18.0 Å². The molecule has 2 heterocycles.